The average molecular weight is 626 g/mol. The number of halogens is 8. The lowest BCUT2D eigenvalue weighted by molar-refractivity contribution is -0.143. The summed E-state index contributed by atoms with van der Waals surface area (Å²) in [5.41, 5.74) is -0.325. The minimum atomic E-state index is -5.03. The van der Waals surface area contributed by atoms with Crippen LogP contribution in [-0.2, 0) is 12.4 Å². The summed E-state index contributed by atoms with van der Waals surface area (Å²) < 4.78 is 84.2. The molecule has 3 aromatic carbocycles. The smallest absolute Gasteiger partial charge is 0.416 e. The van der Waals surface area contributed by atoms with Crippen LogP contribution in [-0.4, -0.2) is 17.2 Å². The predicted octanol–water partition coefficient (Wildman–Crippen LogP) is 7.51. The van der Waals surface area contributed by atoms with Crippen LogP contribution in [0.15, 0.2) is 68.6 Å². The van der Waals surface area contributed by atoms with Gasteiger partial charge in [0.2, 0.25) is 0 Å². The molecule has 13 heteroatoms. The highest BCUT2D eigenvalue weighted by Crippen LogP contribution is 2.39. The molecule has 0 bridgehead atoms. The van der Waals surface area contributed by atoms with Gasteiger partial charge in [-0.25, -0.2) is 5.43 Å². The number of carbonyl (C=O) groups is 1. The Bertz CT molecular complexity index is 1240. The van der Waals surface area contributed by atoms with Gasteiger partial charge in [0.15, 0.2) is 0 Å². The van der Waals surface area contributed by atoms with E-state index in [0.717, 1.165) is 6.07 Å². The first-order valence-corrected chi connectivity index (χ1v) is 10.9. The normalized spacial score (nSPS) is 12.1. The molecule has 184 valence electrons. The molecule has 0 aromatic heterocycles. The third kappa shape index (κ3) is 6.98. The number of phenols is 1. The average Bonchev–Trinajstić information content (AvgIpc) is 2.76. The summed E-state index contributed by atoms with van der Waals surface area (Å²) in [6.45, 7) is 0. The number of rotatable bonds is 5. The Kier molecular flexibility index (Phi) is 7.80. The van der Waals surface area contributed by atoms with E-state index in [2.05, 4.69) is 42.4 Å². The molecular weight excluding hydrogens is 614 g/mol. The number of nitrogens with zero attached hydrogens (tertiary/aromatic N) is 1. The van der Waals surface area contributed by atoms with Crippen molar-refractivity contribution < 1.29 is 41.0 Å². The van der Waals surface area contributed by atoms with Gasteiger partial charge in [0.1, 0.15) is 17.2 Å². The number of ether oxygens (including phenoxy) is 1. The minimum absolute atomic E-state index is 0.0140. The van der Waals surface area contributed by atoms with Crippen molar-refractivity contribution in [2.75, 3.05) is 0 Å². The molecule has 0 radical (unpaired) electrons. The van der Waals surface area contributed by atoms with E-state index in [1.54, 1.807) is 0 Å². The van der Waals surface area contributed by atoms with Crippen LogP contribution in [0.2, 0.25) is 0 Å². The molecular formula is C22H12Br2F6N2O3. The molecule has 0 spiro atoms. The number of alkyl halides is 6. The molecule has 5 nitrogen and oxygen atoms in total. The number of nitrogens with one attached hydrogen (secondary N) is 1. The van der Waals surface area contributed by atoms with Gasteiger partial charge in [-0.05, 0) is 86.0 Å². The molecule has 0 aliphatic heterocycles. The van der Waals surface area contributed by atoms with E-state index >= 15 is 0 Å². The van der Waals surface area contributed by atoms with Crippen molar-refractivity contribution in [1.29, 1.82) is 0 Å². The van der Waals surface area contributed by atoms with Crippen molar-refractivity contribution in [2.45, 2.75) is 12.4 Å². The van der Waals surface area contributed by atoms with Crippen LogP contribution in [0.5, 0.6) is 17.2 Å². The Morgan fingerprint density at radius 3 is 2.00 bits per heavy atom. The molecule has 2 N–H and O–H groups in total. The first-order valence-electron chi connectivity index (χ1n) is 9.33. The summed E-state index contributed by atoms with van der Waals surface area (Å²) in [4.78, 5) is 12.4. The molecule has 1 amide bonds. The molecule has 35 heavy (non-hydrogen) atoms. The first-order chi connectivity index (χ1) is 16.2. The zero-order valence-corrected chi connectivity index (χ0v) is 20.2. The van der Waals surface area contributed by atoms with Gasteiger partial charge in [-0.3, -0.25) is 4.79 Å². The van der Waals surface area contributed by atoms with E-state index in [9.17, 15) is 36.2 Å². The number of carbonyl (C=O) groups excluding carboxylic acids is 1. The fraction of sp³-hybridized carbons (Fsp3) is 0.0909. The third-order valence-corrected chi connectivity index (χ3v) is 5.52. The highest BCUT2D eigenvalue weighted by molar-refractivity contribution is 9.11. The quantitative estimate of drug-likeness (QED) is 0.175. The molecule has 3 rings (SSSR count). The van der Waals surface area contributed by atoms with Gasteiger partial charge in [0.25, 0.3) is 5.91 Å². The maximum absolute atomic E-state index is 13.0. The van der Waals surface area contributed by atoms with Crippen molar-refractivity contribution in [3.8, 4) is 17.2 Å². The zero-order valence-electron chi connectivity index (χ0n) is 17.0. The fourth-order valence-corrected chi connectivity index (χ4v) is 3.93. The van der Waals surface area contributed by atoms with Gasteiger partial charge in [0, 0.05) is 5.56 Å². The maximum Gasteiger partial charge on any atom is 0.416 e. The SMILES string of the molecule is O=C(NN=Cc1cc(Br)c(O)c(Br)c1)c1cccc(Oc2cc(C(F)(F)F)cc(C(F)(F)F)c2)c1. The predicted molar refractivity (Wildman–Crippen MR) is 122 cm³/mol. The Balaban J connectivity index is 1.79. The summed E-state index contributed by atoms with van der Waals surface area (Å²) in [5.74, 6) is -1.61. The van der Waals surface area contributed by atoms with Crippen molar-refractivity contribution in [3.63, 3.8) is 0 Å². The van der Waals surface area contributed by atoms with E-state index in [1.165, 1.54) is 36.5 Å². The molecule has 0 aliphatic carbocycles. The number of aromatic hydroxyl groups is 1. The van der Waals surface area contributed by atoms with Gasteiger partial charge < -0.3 is 9.84 Å². The second-order valence-corrected chi connectivity index (χ2v) is 8.61. The van der Waals surface area contributed by atoms with Gasteiger partial charge in [-0.1, -0.05) is 6.07 Å². The summed E-state index contributed by atoms with van der Waals surface area (Å²) in [7, 11) is 0. The molecule has 3 aromatic rings. The van der Waals surface area contributed by atoms with Gasteiger partial charge in [-0.15, -0.1) is 0 Å². The number of amides is 1. The van der Waals surface area contributed by atoms with Crippen LogP contribution in [0.4, 0.5) is 26.3 Å². The lowest BCUT2D eigenvalue weighted by atomic mass is 10.1. The summed E-state index contributed by atoms with van der Waals surface area (Å²) in [6, 6.07) is 8.99. The highest BCUT2D eigenvalue weighted by atomic mass is 79.9. The standard InChI is InChI=1S/C22H12Br2F6N2O3/c23-17-4-11(5-18(24)19(17)33)10-31-32-20(34)12-2-1-3-15(6-12)35-16-8-13(21(25,26)27)7-14(9-16)22(28,29)30/h1-10,33H,(H,32,34). The monoisotopic (exact) mass is 624 g/mol. The fourth-order valence-electron chi connectivity index (χ4n) is 2.71. The van der Waals surface area contributed by atoms with Crippen molar-refractivity contribution in [1.82, 2.24) is 5.43 Å². The molecule has 0 aliphatic rings. The molecule has 0 unspecified atom stereocenters. The number of hydrazone groups is 1. The number of phenolic OH excluding ortho intramolecular Hbond substituents is 1. The Morgan fingerprint density at radius 2 is 1.46 bits per heavy atom. The summed E-state index contributed by atoms with van der Waals surface area (Å²) in [6.07, 6.45) is -8.77. The van der Waals surface area contributed by atoms with Gasteiger partial charge in [0.05, 0.1) is 26.3 Å². The summed E-state index contributed by atoms with van der Waals surface area (Å²) in [5, 5.41) is 13.5. The highest BCUT2D eigenvalue weighted by Gasteiger charge is 2.37. The van der Waals surface area contributed by atoms with E-state index in [-0.39, 0.29) is 23.1 Å². The minimum Gasteiger partial charge on any atom is -0.506 e. The molecule has 0 fully saturated rings. The molecule has 0 heterocycles. The summed E-state index contributed by atoms with van der Waals surface area (Å²) >= 11 is 6.30. The maximum atomic E-state index is 13.0. The molecule has 0 saturated carbocycles. The topological polar surface area (TPSA) is 70.9 Å². The second-order valence-electron chi connectivity index (χ2n) is 6.90. The number of hydrogen-bond donors (Lipinski definition) is 2. The molecule has 0 saturated heterocycles. The van der Waals surface area contributed by atoms with Crippen molar-refractivity contribution >= 4 is 44.0 Å². The lowest BCUT2D eigenvalue weighted by Gasteiger charge is -2.15. The van der Waals surface area contributed by atoms with Crippen LogP contribution < -0.4 is 10.2 Å². The van der Waals surface area contributed by atoms with E-state index in [1.807, 2.05) is 0 Å². The van der Waals surface area contributed by atoms with Gasteiger partial charge >= 0.3 is 12.4 Å². The first kappa shape index (κ1) is 26.5. The van der Waals surface area contributed by atoms with Crippen LogP contribution in [0.1, 0.15) is 27.0 Å². The Labute approximate surface area is 210 Å². The van der Waals surface area contributed by atoms with E-state index < -0.39 is 35.1 Å². The van der Waals surface area contributed by atoms with E-state index in [4.69, 9.17) is 4.74 Å². The zero-order chi connectivity index (χ0) is 26.0. The largest absolute Gasteiger partial charge is 0.506 e. The van der Waals surface area contributed by atoms with Crippen LogP contribution >= 0.6 is 31.9 Å². The second kappa shape index (κ2) is 10.3. The lowest BCUT2D eigenvalue weighted by Crippen LogP contribution is -2.17. The van der Waals surface area contributed by atoms with Crippen molar-refractivity contribution in [2.24, 2.45) is 5.10 Å². The van der Waals surface area contributed by atoms with Gasteiger partial charge in [-0.2, -0.15) is 31.4 Å². The third-order valence-electron chi connectivity index (χ3n) is 4.31. The Morgan fingerprint density at radius 1 is 0.886 bits per heavy atom. The number of hydrogen-bond acceptors (Lipinski definition) is 4. The Hall–Kier alpha value is -3.06. The number of benzene rings is 3. The van der Waals surface area contributed by atoms with E-state index in [0.29, 0.717) is 26.6 Å². The van der Waals surface area contributed by atoms with Crippen LogP contribution in [0.3, 0.4) is 0 Å². The van der Waals surface area contributed by atoms with Crippen molar-refractivity contribution in [3.05, 3.63) is 85.8 Å². The van der Waals surface area contributed by atoms with Crippen LogP contribution in [0, 0.1) is 0 Å². The molecule has 0 atom stereocenters. The van der Waals surface area contributed by atoms with Crippen LogP contribution in [0.25, 0.3) is 0 Å².